The highest BCUT2D eigenvalue weighted by molar-refractivity contribution is 5.68. The van der Waals surface area contributed by atoms with E-state index in [9.17, 15) is 25.0 Å². The number of carbonyl (C=O) groups excluding carboxylic acids is 1. The molecule has 9 heteroatoms. The highest BCUT2D eigenvalue weighted by Crippen LogP contribution is 2.19. The smallest absolute Gasteiger partial charge is 0.410 e. The van der Waals surface area contributed by atoms with Gasteiger partial charge in [0.15, 0.2) is 0 Å². The van der Waals surface area contributed by atoms with Crippen LogP contribution in [0.3, 0.4) is 0 Å². The average Bonchev–Trinajstić information content (AvgIpc) is 2.66. The maximum absolute atomic E-state index is 12.6. The van der Waals surface area contributed by atoms with Crippen LogP contribution in [0.5, 0.6) is 0 Å². The highest BCUT2D eigenvalue weighted by Gasteiger charge is 2.22. The lowest BCUT2D eigenvalue weighted by Crippen LogP contribution is -2.37. The minimum atomic E-state index is -0.682. The molecule has 0 bridgehead atoms. The third-order valence-corrected chi connectivity index (χ3v) is 4.16. The Balaban J connectivity index is 2.10. The van der Waals surface area contributed by atoms with Crippen LogP contribution in [0, 0.1) is 20.2 Å². The first-order valence-electron chi connectivity index (χ1n) is 9.50. The number of nitro benzene ring substituents is 2. The van der Waals surface area contributed by atoms with Gasteiger partial charge in [0, 0.05) is 37.4 Å². The van der Waals surface area contributed by atoms with Crippen LogP contribution in [0.25, 0.3) is 0 Å². The van der Waals surface area contributed by atoms with Crippen LogP contribution in [0.1, 0.15) is 38.3 Å². The molecule has 1 amide bonds. The highest BCUT2D eigenvalue weighted by atomic mass is 16.6. The van der Waals surface area contributed by atoms with E-state index in [1.807, 2.05) is 0 Å². The fourth-order valence-corrected chi connectivity index (χ4v) is 2.85. The number of carbonyl (C=O) groups is 1. The lowest BCUT2D eigenvalue weighted by molar-refractivity contribution is -0.385. The third-order valence-electron chi connectivity index (χ3n) is 4.16. The van der Waals surface area contributed by atoms with Crippen molar-refractivity contribution in [2.45, 2.75) is 45.8 Å². The summed E-state index contributed by atoms with van der Waals surface area (Å²) in [5, 5.41) is 21.9. The maximum Gasteiger partial charge on any atom is 0.410 e. The molecule has 160 valence electrons. The quantitative estimate of drug-likeness (QED) is 0.448. The first-order chi connectivity index (χ1) is 14.0. The number of amides is 1. The summed E-state index contributed by atoms with van der Waals surface area (Å²) in [6.45, 7) is 5.78. The Morgan fingerprint density at radius 1 is 0.967 bits per heavy atom. The Labute approximate surface area is 174 Å². The van der Waals surface area contributed by atoms with E-state index in [2.05, 4.69) is 0 Å². The standard InChI is InChI=1S/C21H25N3O6/c1-21(2,3)30-20(25)22(15-17-8-5-11-19(14-17)24(28)29)12-6-9-16-7-4-10-18(13-16)23(26)27/h4-5,7-8,10-11,13-14H,6,9,12,15H2,1-3H3. The Bertz CT molecular complexity index is 923. The third kappa shape index (κ3) is 7.16. The summed E-state index contributed by atoms with van der Waals surface area (Å²) in [5.74, 6) is 0. The van der Waals surface area contributed by atoms with Gasteiger partial charge in [-0.1, -0.05) is 24.3 Å². The summed E-state index contributed by atoms with van der Waals surface area (Å²) in [6.07, 6.45) is 0.568. The number of nitro groups is 2. The maximum atomic E-state index is 12.6. The molecule has 0 aliphatic carbocycles. The van der Waals surface area contributed by atoms with Gasteiger partial charge in [-0.3, -0.25) is 20.2 Å². The van der Waals surface area contributed by atoms with E-state index >= 15 is 0 Å². The number of hydrogen-bond donors (Lipinski definition) is 0. The van der Waals surface area contributed by atoms with Gasteiger partial charge in [0.25, 0.3) is 11.4 Å². The Hall–Kier alpha value is -3.49. The Morgan fingerprint density at radius 2 is 1.50 bits per heavy atom. The Kier molecular flexibility index (Phi) is 7.46. The summed E-state index contributed by atoms with van der Waals surface area (Å²) < 4.78 is 5.47. The van der Waals surface area contributed by atoms with Gasteiger partial charge in [-0.2, -0.15) is 0 Å². The molecule has 0 unspecified atom stereocenters. The molecule has 0 radical (unpaired) electrons. The van der Waals surface area contributed by atoms with Crippen LogP contribution >= 0.6 is 0 Å². The van der Waals surface area contributed by atoms with E-state index in [1.54, 1.807) is 45.0 Å². The molecule has 2 aromatic carbocycles. The van der Waals surface area contributed by atoms with Gasteiger partial charge in [-0.25, -0.2) is 4.79 Å². The van der Waals surface area contributed by atoms with Gasteiger partial charge in [-0.05, 0) is 44.7 Å². The van der Waals surface area contributed by atoms with Crippen molar-refractivity contribution in [1.29, 1.82) is 0 Å². The molecule has 30 heavy (non-hydrogen) atoms. The van der Waals surface area contributed by atoms with Gasteiger partial charge >= 0.3 is 6.09 Å². The zero-order valence-electron chi connectivity index (χ0n) is 17.2. The Morgan fingerprint density at radius 3 is 2.03 bits per heavy atom. The fraction of sp³-hybridized carbons (Fsp3) is 0.381. The molecule has 0 aromatic heterocycles. The van der Waals surface area contributed by atoms with Crippen molar-refractivity contribution in [2.24, 2.45) is 0 Å². The first-order valence-corrected chi connectivity index (χ1v) is 9.50. The lowest BCUT2D eigenvalue weighted by atomic mass is 10.1. The molecule has 2 rings (SSSR count). The zero-order chi connectivity index (χ0) is 22.3. The van der Waals surface area contributed by atoms with E-state index in [-0.39, 0.29) is 17.9 Å². The van der Waals surface area contributed by atoms with Crippen molar-refractivity contribution in [1.82, 2.24) is 4.90 Å². The molecule has 0 atom stereocenters. The van der Waals surface area contributed by atoms with E-state index in [1.165, 1.54) is 29.2 Å². The van der Waals surface area contributed by atoms with Crippen molar-refractivity contribution < 1.29 is 19.4 Å². The van der Waals surface area contributed by atoms with Crippen molar-refractivity contribution in [3.8, 4) is 0 Å². The molecule has 0 aliphatic heterocycles. The summed E-state index contributed by atoms with van der Waals surface area (Å²) in [4.78, 5) is 35.1. The molecule has 2 aromatic rings. The van der Waals surface area contributed by atoms with Crippen molar-refractivity contribution in [3.63, 3.8) is 0 Å². The molecule has 0 heterocycles. The van der Waals surface area contributed by atoms with E-state index in [0.29, 0.717) is 24.9 Å². The van der Waals surface area contributed by atoms with Crippen LogP contribution in [-0.4, -0.2) is 33.0 Å². The van der Waals surface area contributed by atoms with Crippen molar-refractivity contribution >= 4 is 17.5 Å². The second-order valence-electron chi connectivity index (χ2n) is 7.86. The van der Waals surface area contributed by atoms with E-state index < -0.39 is 21.5 Å². The predicted octanol–water partition coefficient (Wildman–Crippen LogP) is 4.87. The number of benzene rings is 2. The fourth-order valence-electron chi connectivity index (χ4n) is 2.85. The van der Waals surface area contributed by atoms with Crippen LogP contribution < -0.4 is 0 Å². The molecule has 0 aliphatic rings. The second kappa shape index (κ2) is 9.82. The van der Waals surface area contributed by atoms with Gasteiger partial charge < -0.3 is 9.64 Å². The van der Waals surface area contributed by atoms with Crippen LogP contribution in [0.15, 0.2) is 48.5 Å². The summed E-state index contributed by atoms with van der Waals surface area (Å²) in [7, 11) is 0. The average molecular weight is 415 g/mol. The van der Waals surface area contributed by atoms with Crippen LogP contribution in [-0.2, 0) is 17.7 Å². The molecule has 0 fully saturated rings. The summed E-state index contributed by atoms with van der Waals surface area (Å²) in [6, 6.07) is 12.5. The topological polar surface area (TPSA) is 116 Å². The number of ether oxygens (including phenoxy) is 1. The number of aryl methyl sites for hydroxylation is 1. The molecular weight excluding hydrogens is 390 g/mol. The SMILES string of the molecule is CC(C)(C)OC(=O)N(CCCc1cccc([N+](=O)[O-])c1)Cc1cccc([N+](=O)[O-])c1. The lowest BCUT2D eigenvalue weighted by Gasteiger charge is -2.27. The van der Waals surface area contributed by atoms with Crippen LogP contribution in [0.4, 0.5) is 16.2 Å². The summed E-state index contributed by atoms with van der Waals surface area (Å²) in [5.41, 5.74) is 0.702. The number of rotatable bonds is 8. The van der Waals surface area contributed by atoms with Crippen molar-refractivity contribution in [2.75, 3.05) is 6.54 Å². The number of nitrogens with zero attached hydrogens (tertiary/aromatic N) is 3. The van der Waals surface area contributed by atoms with Gasteiger partial charge in [0.2, 0.25) is 0 Å². The largest absolute Gasteiger partial charge is 0.444 e. The van der Waals surface area contributed by atoms with Crippen molar-refractivity contribution in [3.05, 3.63) is 79.9 Å². The van der Waals surface area contributed by atoms with Gasteiger partial charge in [-0.15, -0.1) is 0 Å². The molecule has 0 saturated heterocycles. The normalized spacial score (nSPS) is 11.0. The molecular formula is C21H25N3O6. The predicted molar refractivity (Wildman–Crippen MR) is 111 cm³/mol. The number of hydrogen-bond acceptors (Lipinski definition) is 6. The molecule has 0 N–H and O–H groups in total. The van der Waals surface area contributed by atoms with E-state index in [0.717, 1.165) is 5.56 Å². The van der Waals surface area contributed by atoms with Gasteiger partial charge in [0.1, 0.15) is 5.60 Å². The zero-order valence-corrected chi connectivity index (χ0v) is 17.2. The monoisotopic (exact) mass is 415 g/mol. The summed E-state index contributed by atoms with van der Waals surface area (Å²) >= 11 is 0. The number of non-ortho nitro benzene ring substituents is 2. The first kappa shape index (κ1) is 22.8. The second-order valence-corrected chi connectivity index (χ2v) is 7.86. The van der Waals surface area contributed by atoms with Crippen LogP contribution in [0.2, 0.25) is 0 Å². The minimum Gasteiger partial charge on any atom is -0.444 e. The van der Waals surface area contributed by atoms with E-state index in [4.69, 9.17) is 4.74 Å². The molecule has 0 saturated carbocycles. The molecule has 0 spiro atoms. The minimum absolute atomic E-state index is 0.0214. The molecule has 9 nitrogen and oxygen atoms in total. The van der Waals surface area contributed by atoms with Gasteiger partial charge in [0.05, 0.1) is 9.85 Å².